The molecule has 1 atom stereocenters. The molecule has 0 aliphatic heterocycles. The molecule has 0 fully saturated rings. The van der Waals surface area contributed by atoms with Crippen molar-refractivity contribution in [2.45, 2.75) is 16.7 Å². The maximum Gasteiger partial charge on any atom is 0.315 e. The summed E-state index contributed by atoms with van der Waals surface area (Å²) in [7, 11) is 0. The molecule has 21 heavy (non-hydrogen) atoms. The molecule has 2 rings (SSSR count). The normalized spacial score (nSPS) is 11.7. The summed E-state index contributed by atoms with van der Waals surface area (Å²) in [6.07, 6.45) is 0. The number of benzene rings is 2. The van der Waals surface area contributed by atoms with Crippen LogP contribution in [0.3, 0.4) is 0 Å². The highest BCUT2D eigenvalue weighted by molar-refractivity contribution is 7.99. The van der Waals surface area contributed by atoms with Gasteiger partial charge < -0.3 is 10.4 Å². The molecule has 0 aliphatic rings. The van der Waals surface area contributed by atoms with Crippen LogP contribution in [0.25, 0.3) is 0 Å². The summed E-state index contributed by atoms with van der Waals surface area (Å²) < 4.78 is 0. The molecule has 2 N–H and O–H groups in total. The van der Waals surface area contributed by atoms with Gasteiger partial charge in [0.1, 0.15) is 5.92 Å². The minimum Gasteiger partial charge on any atom is -0.481 e. The smallest absolute Gasteiger partial charge is 0.315 e. The molecule has 0 saturated heterocycles. The van der Waals surface area contributed by atoms with Crippen LogP contribution in [-0.4, -0.2) is 17.0 Å². The predicted molar refractivity (Wildman–Crippen MR) is 82.4 cm³/mol. The maximum atomic E-state index is 11.9. The van der Waals surface area contributed by atoms with Crippen molar-refractivity contribution in [3.63, 3.8) is 0 Å². The molecule has 0 spiro atoms. The third-order valence-corrected chi connectivity index (χ3v) is 3.96. The Labute approximate surface area is 127 Å². The topological polar surface area (TPSA) is 66.4 Å². The van der Waals surface area contributed by atoms with Gasteiger partial charge in [-0.2, -0.15) is 0 Å². The quantitative estimate of drug-likeness (QED) is 0.830. The van der Waals surface area contributed by atoms with Gasteiger partial charge in [0.2, 0.25) is 5.91 Å². The Morgan fingerprint density at radius 2 is 1.67 bits per heavy atom. The molecule has 0 saturated carbocycles. The molecule has 5 heteroatoms. The number of hydrogen-bond acceptors (Lipinski definition) is 3. The summed E-state index contributed by atoms with van der Waals surface area (Å²) >= 11 is 1.51. The molecule has 1 unspecified atom stereocenters. The lowest BCUT2D eigenvalue weighted by atomic mass is 10.1. The lowest BCUT2D eigenvalue weighted by Crippen LogP contribution is -2.27. The number of anilines is 1. The van der Waals surface area contributed by atoms with Crippen molar-refractivity contribution in [2.75, 3.05) is 5.32 Å². The van der Waals surface area contributed by atoms with Gasteiger partial charge in [0, 0.05) is 9.79 Å². The van der Waals surface area contributed by atoms with Crippen LogP contribution in [0, 0.1) is 5.92 Å². The molecular weight excluding hydrogens is 286 g/mol. The zero-order valence-electron chi connectivity index (χ0n) is 11.4. The zero-order valence-corrected chi connectivity index (χ0v) is 12.3. The lowest BCUT2D eigenvalue weighted by molar-refractivity contribution is -0.144. The highest BCUT2D eigenvalue weighted by Gasteiger charge is 2.21. The summed E-state index contributed by atoms with van der Waals surface area (Å²) in [5.41, 5.74) is 0.615. The van der Waals surface area contributed by atoms with Gasteiger partial charge in [0.05, 0.1) is 5.69 Å². The fraction of sp³-hybridized carbons (Fsp3) is 0.125. The van der Waals surface area contributed by atoms with E-state index in [1.807, 2.05) is 42.5 Å². The second-order valence-electron chi connectivity index (χ2n) is 4.46. The largest absolute Gasteiger partial charge is 0.481 e. The van der Waals surface area contributed by atoms with Gasteiger partial charge in [-0.1, -0.05) is 42.1 Å². The van der Waals surface area contributed by atoms with Gasteiger partial charge in [0.25, 0.3) is 0 Å². The molecule has 108 valence electrons. The van der Waals surface area contributed by atoms with Crippen molar-refractivity contribution in [3.05, 3.63) is 54.6 Å². The summed E-state index contributed by atoms with van der Waals surface area (Å²) in [6, 6.07) is 17.1. The molecule has 2 aromatic rings. The van der Waals surface area contributed by atoms with Crippen molar-refractivity contribution in [3.8, 4) is 0 Å². The molecule has 0 heterocycles. The van der Waals surface area contributed by atoms with E-state index < -0.39 is 17.8 Å². The lowest BCUT2D eigenvalue weighted by Gasteiger charge is -2.12. The average molecular weight is 301 g/mol. The van der Waals surface area contributed by atoms with E-state index in [1.54, 1.807) is 12.1 Å². The van der Waals surface area contributed by atoms with Crippen LogP contribution < -0.4 is 5.32 Å². The highest BCUT2D eigenvalue weighted by atomic mass is 32.2. The first kappa shape index (κ1) is 15.1. The number of aliphatic carboxylic acids is 1. The Kier molecular flexibility index (Phi) is 5.00. The SMILES string of the molecule is CC(C(=O)O)C(=O)Nc1ccccc1Sc1ccccc1. The van der Waals surface area contributed by atoms with E-state index in [9.17, 15) is 9.59 Å². The molecule has 0 aliphatic carbocycles. The number of amides is 1. The number of rotatable bonds is 5. The van der Waals surface area contributed by atoms with Crippen LogP contribution in [-0.2, 0) is 9.59 Å². The van der Waals surface area contributed by atoms with E-state index in [0.717, 1.165) is 9.79 Å². The maximum absolute atomic E-state index is 11.9. The molecule has 1 amide bonds. The molecule has 4 nitrogen and oxygen atoms in total. The van der Waals surface area contributed by atoms with Gasteiger partial charge in [0.15, 0.2) is 0 Å². The number of para-hydroxylation sites is 1. The number of nitrogens with one attached hydrogen (secondary N) is 1. The fourth-order valence-electron chi connectivity index (χ4n) is 1.63. The third-order valence-electron chi connectivity index (χ3n) is 2.88. The highest BCUT2D eigenvalue weighted by Crippen LogP contribution is 2.33. The van der Waals surface area contributed by atoms with Gasteiger partial charge in [-0.15, -0.1) is 0 Å². The van der Waals surface area contributed by atoms with E-state index in [4.69, 9.17) is 5.11 Å². The van der Waals surface area contributed by atoms with E-state index in [-0.39, 0.29) is 0 Å². The molecule has 0 radical (unpaired) electrons. The molecule has 0 bridgehead atoms. The fourth-order valence-corrected chi connectivity index (χ4v) is 2.55. The minimum atomic E-state index is -1.14. The van der Waals surface area contributed by atoms with Crippen molar-refractivity contribution in [1.29, 1.82) is 0 Å². The standard InChI is InChI=1S/C16H15NO3S/c1-11(16(19)20)15(18)17-13-9-5-6-10-14(13)21-12-7-3-2-4-8-12/h2-11H,1H3,(H,17,18)(H,19,20). The van der Waals surface area contributed by atoms with Gasteiger partial charge in [-0.3, -0.25) is 9.59 Å². The third kappa shape index (κ3) is 4.10. The number of carbonyl (C=O) groups excluding carboxylic acids is 1. The first-order valence-electron chi connectivity index (χ1n) is 6.43. The van der Waals surface area contributed by atoms with E-state index >= 15 is 0 Å². The number of carboxylic acid groups (broad SMARTS) is 1. The van der Waals surface area contributed by atoms with Crippen LogP contribution in [0.2, 0.25) is 0 Å². The first-order chi connectivity index (χ1) is 10.1. The van der Waals surface area contributed by atoms with E-state index in [2.05, 4.69) is 5.32 Å². The number of carbonyl (C=O) groups is 2. The van der Waals surface area contributed by atoms with Crippen LogP contribution in [0.4, 0.5) is 5.69 Å². The van der Waals surface area contributed by atoms with Crippen LogP contribution in [0.1, 0.15) is 6.92 Å². The zero-order chi connectivity index (χ0) is 15.2. The summed E-state index contributed by atoms with van der Waals surface area (Å²) in [5, 5.41) is 11.5. The summed E-state index contributed by atoms with van der Waals surface area (Å²) in [6.45, 7) is 1.37. The molecular formula is C16H15NO3S. The Hall–Kier alpha value is -2.27. The van der Waals surface area contributed by atoms with Crippen molar-refractivity contribution >= 4 is 29.3 Å². The van der Waals surface area contributed by atoms with Crippen molar-refractivity contribution in [1.82, 2.24) is 0 Å². The van der Waals surface area contributed by atoms with Gasteiger partial charge >= 0.3 is 5.97 Å². The van der Waals surface area contributed by atoms with Crippen LogP contribution >= 0.6 is 11.8 Å². The Bertz CT molecular complexity index is 643. The average Bonchev–Trinajstić information content (AvgIpc) is 2.49. The first-order valence-corrected chi connectivity index (χ1v) is 7.25. The monoisotopic (exact) mass is 301 g/mol. The van der Waals surface area contributed by atoms with Gasteiger partial charge in [-0.05, 0) is 31.2 Å². The van der Waals surface area contributed by atoms with Crippen LogP contribution in [0.15, 0.2) is 64.4 Å². The van der Waals surface area contributed by atoms with E-state index in [0.29, 0.717) is 5.69 Å². The van der Waals surface area contributed by atoms with Gasteiger partial charge in [-0.25, -0.2) is 0 Å². The molecule has 2 aromatic carbocycles. The van der Waals surface area contributed by atoms with Crippen molar-refractivity contribution in [2.24, 2.45) is 5.92 Å². The number of carboxylic acids is 1. The number of hydrogen-bond donors (Lipinski definition) is 2. The Morgan fingerprint density at radius 3 is 2.33 bits per heavy atom. The Morgan fingerprint density at radius 1 is 1.05 bits per heavy atom. The second kappa shape index (κ2) is 6.95. The summed E-state index contributed by atoms with van der Waals surface area (Å²) in [5.74, 6) is -2.75. The van der Waals surface area contributed by atoms with E-state index in [1.165, 1.54) is 18.7 Å². The minimum absolute atomic E-state index is 0.524. The van der Waals surface area contributed by atoms with Crippen molar-refractivity contribution < 1.29 is 14.7 Å². The predicted octanol–water partition coefficient (Wildman–Crippen LogP) is 3.50. The Balaban J connectivity index is 2.17. The summed E-state index contributed by atoms with van der Waals surface area (Å²) in [4.78, 5) is 24.6. The van der Waals surface area contributed by atoms with Crippen LogP contribution in [0.5, 0.6) is 0 Å². The second-order valence-corrected chi connectivity index (χ2v) is 5.58. The molecule has 0 aromatic heterocycles.